The molecule has 0 aliphatic carbocycles. The molecule has 7 nitrogen and oxygen atoms in total. The van der Waals surface area contributed by atoms with E-state index in [1.165, 1.54) is 11.3 Å². The van der Waals surface area contributed by atoms with Crippen molar-refractivity contribution in [2.24, 2.45) is 0 Å². The van der Waals surface area contributed by atoms with Crippen molar-refractivity contribution in [1.29, 1.82) is 0 Å². The Labute approximate surface area is 169 Å². The van der Waals surface area contributed by atoms with Crippen LogP contribution in [0.1, 0.15) is 36.2 Å². The fourth-order valence-corrected chi connectivity index (χ4v) is 4.97. The minimum absolute atomic E-state index is 0.0245. The molecular weight excluding hydrogens is 374 g/mol. The van der Waals surface area contributed by atoms with Crippen LogP contribution in [-0.2, 0) is 0 Å². The van der Waals surface area contributed by atoms with Crippen LogP contribution in [0.15, 0.2) is 24.3 Å². The van der Waals surface area contributed by atoms with Crippen molar-refractivity contribution in [3.05, 3.63) is 40.5 Å². The van der Waals surface area contributed by atoms with E-state index in [2.05, 4.69) is 38.9 Å². The Balaban J connectivity index is 1.72. The number of piperazine rings is 1. The average molecular weight is 402 g/mol. The lowest BCUT2D eigenvalue weighted by Gasteiger charge is -2.38. The van der Waals surface area contributed by atoms with Gasteiger partial charge in [-0.25, -0.2) is 4.98 Å². The molecule has 1 unspecified atom stereocenters. The summed E-state index contributed by atoms with van der Waals surface area (Å²) >= 11 is 1.52. The van der Waals surface area contributed by atoms with Gasteiger partial charge in [0, 0.05) is 26.2 Å². The summed E-state index contributed by atoms with van der Waals surface area (Å²) in [6.45, 7) is 11.7. The Hall–Kier alpha value is -2.16. The molecule has 1 aliphatic heterocycles. The standard InChI is InChI=1S/C20H27N5O2S/c1-4-23-10-12-24(13-11-23)17(15-6-8-16(9-7-15)27-5-2)18-19(26)25-20(28-18)21-14(3)22-25/h6-9,17,26H,4-5,10-13H2,1-3H3. The average Bonchev–Trinajstić information content (AvgIpc) is 3.22. The Bertz CT molecular complexity index is 928. The van der Waals surface area contributed by atoms with Crippen LogP contribution in [0, 0.1) is 6.92 Å². The number of hydrogen-bond donors (Lipinski definition) is 1. The molecule has 8 heteroatoms. The molecule has 1 saturated heterocycles. The van der Waals surface area contributed by atoms with E-state index in [1.807, 2.05) is 26.0 Å². The maximum absolute atomic E-state index is 10.9. The van der Waals surface area contributed by atoms with Gasteiger partial charge in [0.05, 0.1) is 17.5 Å². The lowest BCUT2D eigenvalue weighted by molar-refractivity contribution is 0.113. The first-order valence-corrected chi connectivity index (χ1v) is 10.7. The second-order valence-corrected chi connectivity index (χ2v) is 8.03. The highest BCUT2D eigenvalue weighted by molar-refractivity contribution is 7.17. The topological polar surface area (TPSA) is 66.1 Å². The number of ether oxygens (including phenoxy) is 1. The number of hydrogen-bond acceptors (Lipinski definition) is 7. The molecule has 0 saturated carbocycles. The maximum Gasteiger partial charge on any atom is 0.230 e. The van der Waals surface area contributed by atoms with Crippen LogP contribution in [0.25, 0.3) is 4.96 Å². The van der Waals surface area contributed by atoms with Gasteiger partial charge >= 0.3 is 0 Å². The minimum Gasteiger partial charge on any atom is -0.494 e. The summed E-state index contributed by atoms with van der Waals surface area (Å²) in [6.07, 6.45) is 0. The van der Waals surface area contributed by atoms with E-state index in [9.17, 15) is 5.11 Å². The number of aromatic nitrogens is 3. The maximum atomic E-state index is 10.9. The van der Waals surface area contributed by atoms with Crippen molar-refractivity contribution in [2.75, 3.05) is 39.3 Å². The van der Waals surface area contributed by atoms with Gasteiger partial charge in [0.1, 0.15) is 11.6 Å². The smallest absolute Gasteiger partial charge is 0.230 e. The number of fused-ring (bicyclic) bond motifs is 1. The molecule has 4 rings (SSSR count). The highest BCUT2D eigenvalue weighted by atomic mass is 32.1. The van der Waals surface area contributed by atoms with Crippen LogP contribution in [0.2, 0.25) is 0 Å². The zero-order valence-corrected chi connectivity index (χ0v) is 17.4. The molecule has 28 heavy (non-hydrogen) atoms. The molecule has 1 atom stereocenters. The number of nitrogens with zero attached hydrogens (tertiary/aromatic N) is 5. The van der Waals surface area contributed by atoms with Crippen molar-refractivity contribution >= 4 is 16.3 Å². The third-order valence-electron chi connectivity index (χ3n) is 5.28. The normalized spacial score (nSPS) is 17.2. The molecular formula is C20H27N5O2S. The molecule has 1 fully saturated rings. The van der Waals surface area contributed by atoms with Crippen molar-refractivity contribution in [3.63, 3.8) is 0 Å². The first-order valence-electron chi connectivity index (χ1n) is 9.84. The number of thiazole rings is 1. The third kappa shape index (κ3) is 3.59. The fraction of sp³-hybridized carbons (Fsp3) is 0.500. The molecule has 0 radical (unpaired) electrons. The summed E-state index contributed by atoms with van der Waals surface area (Å²) in [6, 6.07) is 8.19. The highest BCUT2D eigenvalue weighted by Crippen LogP contribution is 2.40. The number of rotatable bonds is 6. The van der Waals surface area contributed by atoms with Crippen LogP contribution < -0.4 is 4.74 Å². The predicted molar refractivity (Wildman–Crippen MR) is 110 cm³/mol. The van der Waals surface area contributed by atoms with Crippen LogP contribution >= 0.6 is 11.3 Å². The molecule has 0 spiro atoms. The van der Waals surface area contributed by atoms with E-state index >= 15 is 0 Å². The molecule has 1 N–H and O–H groups in total. The molecule has 1 aromatic carbocycles. The Morgan fingerprint density at radius 1 is 1.14 bits per heavy atom. The summed E-state index contributed by atoms with van der Waals surface area (Å²) in [7, 11) is 0. The quantitative estimate of drug-likeness (QED) is 0.685. The van der Waals surface area contributed by atoms with Gasteiger partial charge in [-0.1, -0.05) is 30.4 Å². The van der Waals surface area contributed by atoms with Gasteiger partial charge < -0.3 is 14.7 Å². The Morgan fingerprint density at radius 2 is 1.86 bits per heavy atom. The van der Waals surface area contributed by atoms with Gasteiger partial charge in [-0.3, -0.25) is 4.90 Å². The summed E-state index contributed by atoms with van der Waals surface area (Å²) in [5, 5.41) is 15.2. The lowest BCUT2D eigenvalue weighted by atomic mass is 10.0. The molecule has 1 aliphatic rings. The minimum atomic E-state index is -0.0245. The Morgan fingerprint density at radius 3 is 2.46 bits per heavy atom. The summed E-state index contributed by atoms with van der Waals surface area (Å²) in [5.41, 5.74) is 1.14. The molecule has 0 amide bonds. The van der Waals surface area contributed by atoms with Crippen LogP contribution in [0.3, 0.4) is 0 Å². The zero-order valence-electron chi connectivity index (χ0n) is 16.6. The molecule has 3 aromatic rings. The highest BCUT2D eigenvalue weighted by Gasteiger charge is 2.31. The van der Waals surface area contributed by atoms with Gasteiger partial charge in [0.25, 0.3) is 0 Å². The molecule has 150 valence electrons. The summed E-state index contributed by atoms with van der Waals surface area (Å²) < 4.78 is 7.16. The molecule has 0 bridgehead atoms. The summed E-state index contributed by atoms with van der Waals surface area (Å²) in [5.74, 6) is 1.72. The van der Waals surface area contributed by atoms with E-state index in [1.54, 1.807) is 4.52 Å². The predicted octanol–water partition coefficient (Wildman–Crippen LogP) is 2.93. The monoisotopic (exact) mass is 401 g/mol. The van der Waals surface area contributed by atoms with E-state index < -0.39 is 0 Å². The number of benzene rings is 1. The van der Waals surface area contributed by atoms with Crippen molar-refractivity contribution in [2.45, 2.75) is 26.8 Å². The van der Waals surface area contributed by atoms with Crippen LogP contribution in [-0.4, -0.2) is 68.8 Å². The van der Waals surface area contributed by atoms with E-state index in [0.29, 0.717) is 12.4 Å². The lowest BCUT2D eigenvalue weighted by Crippen LogP contribution is -2.47. The molecule has 2 aromatic heterocycles. The van der Waals surface area contributed by atoms with E-state index in [4.69, 9.17) is 4.74 Å². The number of likely N-dealkylation sites (N-methyl/N-ethyl adjacent to an activating group) is 1. The number of aryl methyl sites for hydroxylation is 1. The second kappa shape index (κ2) is 8.06. The van der Waals surface area contributed by atoms with Crippen molar-refractivity contribution in [1.82, 2.24) is 24.4 Å². The number of aromatic hydroxyl groups is 1. The first kappa shape index (κ1) is 19.2. The van der Waals surface area contributed by atoms with Gasteiger partial charge in [-0.05, 0) is 38.1 Å². The van der Waals surface area contributed by atoms with Gasteiger partial charge in [0.2, 0.25) is 10.8 Å². The first-order chi connectivity index (χ1) is 13.6. The van der Waals surface area contributed by atoms with Crippen LogP contribution in [0.4, 0.5) is 0 Å². The summed E-state index contributed by atoms with van der Waals surface area (Å²) in [4.78, 5) is 11.0. The second-order valence-electron chi connectivity index (χ2n) is 7.02. The van der Waals surface area contributed by atoms with Crippen molar-refractivity contribution < 1.29 is 9.84 Å². The Kier molecular flexibility index (Phi) is 5.52. The van der Waals surface area contributed by atoms with Gasteiger partial charge in [-0.15, -0.1) is 5.10 Å². The largest absolute Gasteiger partial charge is 0.494 e. The zero-order chi connectivity index (χ0) is 19.7. The van der Waals surface area contributed by atoms with Gasteiger partial charge in [0.15, 0.2) is 0 Å². The van der Waals surface area contributed by atoms with Crippen molar-refractivity contribution in [3.8, 4) is 11.6 Å². The van der Waals surface area contributed by atoms with Crippen LogP contribution in [0.5, 0.6) is 11.6 Å². The fourth-order valence-electron chi connectivity index (χ4n) is 3.80. The van der Waals surface area contributed by atoms with E-state index in [-0.39, 0.29) is 11.9 Å². The van der Waals surface area contributed by atoms with Gasteiger partial charge in [-0.2, -0.15) is 4.52 Å². The molecule has 3 heterocycles. The third-order valence-corrected chi connectivity index (χ3v) is 6.35. The SMILES string of the molecule is CCOc1ccc(C(c2sc3nc(C)nn3c2O)N2CCN(CC)CC2)cc1. The van der Waals surface area contributed by atoms with E-state index in [0.717, 1.165) is 53.9 Å².